The molecule has 0 aromatic heterocycles. The third kappa shape index (κ3) is 3.14. The largest absolute Gasteiger partial charge is 0.481 e. The van der Waals surface area contributed by atoms with Gasteiger partial charge in [0.2, 0.25) is 5.91 Å². The Balaban J connectivity index is 1.61. The van der Waals surface area contributed by atoms with Crippen LogP contribution in [0, 0.1) is 17.8 Å². The topological polar surface area (TPSA) is 66.8 Å². The van der Waals surface area contributed by atoms with E-state index in [1.165, 1.54) is 0 Å². The molecule has 124 valence electrons. The van der Waals surface area contributed by atoms with E-state index in [0.29, 0.717) is 18.3 Å². The van der Waals surface area contributed by atoms with Crippen molar-refractivity contribution in [2.75, 3.05) is 13.7 Å². The first-order valence-corrected chi connectivity index (χ1v) is 8.63. The van der Waals surface area contributed by atoms with Crippen LogP contribution in [0.25, 0.3) is 0 Å². The predicted octanol–water partition coefficient (Wildman–Crippen LogP) is 2.29. The van der Waals surface area contributed by atoms with Crippen LogP contribution >= 0.6 is 0 Å². The zero-order valence-corrected chi connectivity index (χ0v) is 13.4. The Hall–Kier alpha value is -1.10. The van der Waals surface area contributed by atoms with Gasteiger partial charge in [0.05, 0.1) is 12.0 Å². The fraction of sp³-hybridized carbons (Fsp3) is 0.882. The second-order valence-electron chi connectivity index (χ2n) is 7.33. The van der Waals surface area contributed by atoms with Crippen LogP contribution < -0.4 is 0 Å². The Bertz CT molecular complexity index is 438. The first-order chi connectivity index (χ1) is 10.6. The van der Waals surface area contributed by atoms with Crippen LogP contribution in [0.1, 0.15) is 51.4 Å². The Kier molecular flexibility index (Phi) is 4.71. The van der Waals surface area contributed by atoms with E-state index in [1.54, 1.807) is 7.11 Å². The highest BCUT2D eigenvalue weighted by Gasteiger charge is 2.46. The third-order valence-electron chi connectivity index (χ3n) is 5.95. The summed E-state index contributed by atoms with van der Waals surface area (Å²) in [5.74, 6) is -0.135. The van der Waals surface area contributed by atoms with Crippen LogP contribution in [0.3, 0.4) is 0 Å². The molecule has 2 heterocycles. The van der Waals surface area contributed by atoms with Crippen molar-refractivity contribution in [1.82, 2.24) is 4.90 Å². The molecule has 0 aromatic rings. The van der Waals surface area contributed by atoms with Crippen LogP contribution in [0.15, 0.2) is 0 Å². The summed E-state index contributed by atoms with van der Waals surface area (Å²) in [4.78, 5) is 26.0. The SMILES string of the molecule is COC1CCCC(CC(=O)N2CC3CCC2C(C(=O)O)C3)C1. The minimum Gasteiger partial charge on any atom is -0.481 e. The first kappa shape index (κ1) is 15.8. The number of hydrogen-bond acceptors (Lipinski definition) is 3. The number of carbonyl (C=O) groups is 2. The highest BCUT2D eigenvalue weighted by molar-refractivity contribution is 5.79. The van der Waals surface area contributed by atoms with Gasteiger partial charge in [-0.05, 0) is 50.4 Å². The van der Waals surface area contributed by atoms with Gasteiger partial charge in [-0.2, -0.15) is 0 Å². The highest BCUT2D eigenvalue weighted by Crippen LogP contribution is 2.40. The summed E-state index contributed by atoms with van der Waals surface area (Å²) in [7, 11) is 1.75. The Morgan fingerprint density at radius 2 is 2.00 bits per heavy atom. The van der Waals surface area contributed by atoms with Crippen LogP contribution in [0.2, 0.25) is 0 Å². The fourth-order valence-corrected chi connectivity index (χ4v) is 4.75. The quantitative estimate of drug-likeness (QED) is 0.865. The van der Waals surface area contributed by atoms with E-state index >= 15 is 0 Å². The van der Waals surface area contributed by atoms with Crippen molar-refractivity contribution in [1.29, 1.82) is 0 Å². The zero-order chi connectivity index (χ0) is 15.7. The van der Waals surface area contributed by atoms with E-state index in [4.69, 9.17) is 4.74 Å². The van der Waals surface area contributed by atoms with Gasteiger partial charge in [0, 0.05) is 26.1 Å². The maximum absolute atomic E-state index is 12.7. The normalized spacial score (nSPS) is 38.0. The maximum Gasteiger partial charge on any atom is 0.308 e. The number of amides is 1. The van der Waals surface area contributed by atoms with Crippen molar-refractivity contribution in [2.45, 2.75) is 63.5 Å². The molecule has 2 bridgehead atoms. The van der Waals surface area contributed by atoms with Crippen molar-refractivity contribution in [3.8, 4) is 0 Å². The number of nitrogens with zero attached hydrogens (tertiary/aromatic N) is 1. The molecule has 5 nitrogen and oxygen atoms in total. The van der Waals surface area contributed by atoms with Gasteiger partial charge in [-0.25, -0.2) is 0 Å². The van der Waals surface area contributed by atoms with Crippen LogP contribution in [0.4, 0.5) is 0 Å². The number of fused-ring (bicyclic) bond motifs is 3. The smallest absolute Gasteiger partial charge is 0.308 e. The molecular weight excluding hydrogens is 282 g/mol. The first-order valence-electron chi connectivity index (χ1n) is 8.63. The molecule has 2 saturated heterocycles. The zero-order valence-electron chi connectivity index (χ0n) is 13.4. The van der Waals surface area contributed by atoms with Gasteiger partial charge in [0.1, 0.15) is 0 Å². The molecule has 0 radical (unpaired) electrons. The van der Waals surface area contributed by atoms with Crippen LogP contribution in [-0.2, 0) is 14.3 Å². The van der Waals surface area contributed by atoms with E-state index in [9.17, 15) is 14.7 Å². The summed E-state index contributed by atoms with van der Waals surface area (Å²) in [5, 5.41) is 9.39. The van der Waals surface area contributed by atoms with Crippen molar-refractivity contribution in [2.24, 2.45) is 17.8 Å². The molecule has 4 rings (SSSR count). The monoisotopic (exact) mass is 309 g/mol. The molecular formula is C17H27NO4. The molecule has 5 heteroatoms. The van der Waals surface area contributed by atoms with Gasteiger partial charge in [-0.1, -0.05) is 6.42 Å². The lowest BCUT2D eigenvalue weighted by atomic mass is 9.72. The van der Waals surface area contributed by atoms with Crippen molar-refractivity contribution >= 4 is 11.9 Å². The van der Waals surface area contributed by atoms with Crippen LogP contribution in [-0.4, -0.2) is 47.7 Å². The molecule has 0 aromatic carbocycles. The van der Waals surface area contributed by atoms with E-state index in [2.05, 4.69) is 0 Å². The molecule has 4 aliphatic rings. The van der Waals surface area contributed by atoms with Crippen molar-refractivity contribution in [3.63, 3.8) is 0 Å². The Labute approximate surface area is 132 Å². The van der Waals surface area contributed by atoms with Crippen molar-refractivity contribution < 1.29 is 19.4 Å². The Morgan fingerprint density at radius 3 is 2.68 bits per heavy atom. The number of methoxy groups -OCH3 is 1. The summed E-state index contributed by atoms with van der Waals surface area (Å²) >= 11 is 0. The van der Waals surface area contributed by atoms with Crippen LogP contribution in [0.5, 0.6) is 0 Å². The summed E-state index contributed by atoms with van der Waals surface area (Å²) < 4.78 is 5.44. The number of aliphatic carboxylic acids is 1. The number of ether oxygens (including phenoxy) is 1. The number of carboxylic acid groups (broad SMARTS) is 1. The lowest BCUT2D eigenvalue weighted by molar-refractivity contribution is -0.156. The number of hydrogen-bond donors (Lipinski definition) is 1. The van der Waals surface area contributed by atoms with E-state index in [1.807, 2.05) is 4.90 Å². The van der Waals surface area contributed by atoms with Gasteiger partial charge >= 0.3 is 5.97 Å². The summed E-state index contributed by atoms with van der Waals surface area (Å²) in [5.41, 5.74) is 0. The van der Waals surface area contributed by atoms with Gasteiger partial charge in [-0.3, -0.25) is 9.59 Å². The predicted molar refractivity (Wildman–Crippen MR) is 81.3 cm³/mol. The summed E-state index contributed by atoms with van der Waals surface area (Å²) in [6.45, 7) is 0.772. The van der Waals surface area contributed by atoms with Gasteiger partial charge < -0.3 is 14.7 Å². The number of rotatable bonds is 4. The maximum atomic E-state index is 12.7. The average molecular weight is 309 g/mol. The molecule has 22 heavy (non-hydrogen) atoms. The molecule has 0 spiro atoms. The number of carboxylic acids is 1. The molecule has 4 fully saturated rings. The molecule has 1 amide bonds. The average Bonchev–Trinajstić information content (AvgIpc) is 2.55. The van der Waals surface area contributed by atoms with Gasteiger partial charge in [-0.15, -0.1) is 0 Å². The summed E-state index contributed by atoms with van der Waals surface area (Å²) in [6.07, 6.45) is 7.82. The van der Waals surface area contributed by atoms with E-state index < -0.39 is 5.97 Å². The molecule has 2 saturated carbocycles. The van der Waals surface area contributed by atoms with Gasteiger partial charge in [0.25, 0.3) is 0 Å². The molecule has 1 N–H and O–H groups in total. The van der Waals surface area contributed by atoms with E-state index in [-0.39, 0.29) is 24.0 Å². The minimum absolute atomic E-state index is 0.0724. The standard InChI is InChI=1S/C17H27NO4/c1-22-13-4-2-3-11(7-13)9-16(19)18-10-12-5-6-15(18)14(8-12)17(20)21/h11-15H,2-10H2,1H3,(H,20,21). The number of piperidine rings is 2. The highest BCUT2D eigenvalue weighted by atomic mass is 16.5. The number of carbonyl (C=O) groups excluding carboxylic acids is 1. The second kappa shape index (κ2) is 6.57. The molecule has 5 unspecified atom stereocenters. The molecule has 2 aliphatic carbocycles. The van der Waals surface area contributed by atoms with E-state index in [0.717, 1.165) is 51.5 Å². The van der Waals surface area contributed by atoms with Gasteiger partial charge in [0.15, 0.2) is 0 Å². The second-order valence-corrected chi connectivity index (χ2v) is 7.33. The lowest BCUT2D eigenvalue weighted by Crippen LogP contribution is -2.57. The van der Waals surface area contributed by atoms with Crippen molar-refractivity contribution in [3.05, 3.63) is 0 Å². The third-order valence-corrected chi connectivity index (χ3v) is 5.95. The Morgan fingerprint density at radius 1 is 1.18 bits per heavy atom. The fourth-order valence-electron chi connectivity index (χ4n) is 4.75. The minimum atomic E-state index is -0.732. The molecule has 2 aliphatic heterocycles. The summed E-state index contributed by atoms with van der Waals surface area (Å²) in [6, 6.07) is -0.0724. The molecule has 5 atom stereocenters. The lowest BCUT2D eigenvalue weighted by Gasteiger charge is -2.49.